The van der Waals surface area contributed by atoms with Crippen molar-refractivity contribution >= 4 is 22.9 Å². The minimum absolute atomic E-state index is 0.00293. The van der Waals surface area contributed by atoms with Crippen LogP contribution in [0, 0.1) is 13.8 Å². The van der Waals surface area contributed by atoms with Gasteiger partial charge < -0.3 is 9.67 Å². The van der Waals surface area contributed by atoms with Crippen LogP contribution in [0.3, 0.4) is 0 Å². The van der Waals surface area contributed by atoms with Crippen molar-refractivity contribution in [2.24, 2.45) is 0 Å². The molecule has 0 fully saturated rings. The van der Waals surface area contributed by atoms with Gasteiger partial charge in [0.1, 0.15) is 11.3 Å². The average Bonchev–Trinajstić information content (AvgIpc) is 3.30. The van der Waals surface area contributed by atoms with Gasteiger partial charge in [-0.05, 0) is 48.6 Å². The summed E-state index contributed by atoms with van der Waals surface area (Å²) in [5.74, 6) is 0.103. The normalized spacial score (nSPS) is 17.2. The van der Waals surface area contributed by atoms with Gasteiger partial charge in [0.25, 0.3) is 0 Å². The lowest BCUT2D eigenvalue weighted by Crippen LogP contribution is -2.28. The number of carboxylic acid groups (broad SMARTS) is 1. The first-order chi connectivity index (χ1) is 16.8. The van der Waals surface area contributed by atoms with E-state index >= 15 is 0 Å². The zero-order valence-electron chi connectivity index (χ0n) is 20.3. The highest BCUT2D eigenvalue weighted by Gasteiger charge is 2.46. The predicted octanol–water partition coefficient (Wildman–Crippen LogP) is 5.40. The van der Waals surface area contributed by atoms with Gasteiger partial charge >= 0.3 is 5.97 Å². The molecular weight excluding hydrogens is 438 g/mol. The Morgan fingerprint density at radius 1 is 1.09 bits per heavy atom. The summed E-state index contributed by atoms with van der Waals surface area (Å²) >= 11 is 0. The summed E-state index contributed by atoms with van der Waals surface area (Å²) in [6.45, 7) is 6.85. The molecule has 2 heterocycles. The molecule has 0 saturated heterocycles. The monoisotopic (exact) mass is 467 g/mol. The topological polar surface area (TPSA) is 85.1 Å². The number of carbonyl (C=O) groups excluding carboxylic acids is 1. The van der Waals surface area contributed by atoms with Gasteiger partial charge in [0, 0.05) is 29.5 Å². The van der Waals surface area contributed by atoms with E-state index in [9.17, 15) is 14.7 Å². The molecule has 178 valence electrons. The Kier molecular flexibility index (Phi) is 5.75. The molecule has 2 aromatic heterocycles. The lowest BCUT2D eigenvalue weighted by atomic mass is 9.73. The first-order valence-corrected chi connectivity index (χ1v) is 12.1. The molecule has 6 heteroatoms. The highest BCUT2D eigenvalue weighted by atomic mass is 16.4. The minimum atomic E-state index is -0.913. The van der Waals surface area contributed by atoms with Crippen molar-refractivity contribution in [2.45, 2.75) is 58.4 Å². The number of carboxylic acids is 1. The van der Waals surface area contributed by atoms with Crippen LogP contribution in [-0.4, -0.2) is 31.4 Å². The Balaban J connectivity index is 1.55. The zero-order chi connectivity index (χ0) is 24.7. The maximum atomic E-state index is 12.8. The summed E-state index contributed by atoms with van der Waals surface area (Å²) in [4.78, 5) is 34.3. The van der Waals surface area contributed by atoms with Crippen LogP contribution in [0.25, 0.3) is 11.2 Å². The van der Waals surface area contributed by atoms with Crippen LogP contribution in [0.1, 0.15) is 70.3 Å². The maximum Gasteiger partial charge on any atom is 0.304 e. The number of imidazole rings is 1. The largest absolute Gasteiger partial charge is 0.481 e. The lowest BCUT2D eigenvalue weighted by Gasteiger charge is -2.29. The third-order valence-electron chi connectivity index (χ3n) is 7.08. The Labute approximate surface area is 204 Å². The third-order valence-corrected chi connectivity index (χ3v) is 7.08. The van der Waals surface area contributed by atoms with Crippen molar-refractivity contribution in [3.05, 3.63) is 93.9 Å². The summed E-state index contributed by atoms with van der Waals surface area (Å²) in [6, 6.07) is 17.5. The summed E-state index contributed by atoms with van der Waals surface area (Å²) in [5.41, 5.74) is 6.46. The van der Waals surface area contributed by atoms with Gasteiger partial charge in [-0.1, -0.05) is 55.5 Å². The number of hydrogen-bond acceptors (Lipinski definition) is 4. The van der Waals surface area contributed by atoms with Gasteiger partial charge in [-0.15, -0.1) is 0 Å². The van der Waals surface area contributed by atoms with E-state index in [-0.39, 0.29) is 18.6 Å². The van der Waals surface area contributed by atoms with Crippen molar-refractivity contribution in [3.8, 4) is 0 Å². The molecule has 2 aromatic carbocycles. The molecule has 1 N–H and O–H groups in total. The second-order valence-electron chi connectivity index (χ2n) is 9.61. The van der Waals surface area contributed by atoms with Crippen LogP contribution in [0.5, 0.6) is 0 Å². The molecule has 0 aliphatic heterocycles. The standard InChI is InChI=1S/C29H29N3O3/c1-4-7-25-31-27-18(2)14-19(3)30-28(27)32(25)17-20-10-12-21(13-11-20)29(16-26(34)35)15-24(33)22-8-5-6-9-23(22)29/h5-6,8-14H,4,7,15-17H2,1-3H3,(H,34,35). The van der Waals surface area contributed by atoms with Gasteiger partial charge in [0.05, 0.1) is 13.0 Å². The summed E-state index contributed by atoms with van der Waals surface area (Å²) < 4.78 is 2.19. The number of Topliss-reactive ketones (excluding diaryl/α,β-unsaturated/α-hetero) is 1. The van der Waals surface area contributed by atoms with Gasteiger partial charge in [0.15, 0.2) is 11.4 Å². The number of benzene rings is 2. The highest BCUT2D eigenvalue weighted by molar-refractivity contribution is 6.03. The number of aliphatic carboxylic acids is 1. The second kappa shape index (κ2) is 8.77. The van der Waals surface area contributed by atoms with E-state index in [4.69, 9.17) is 9.97 Å². The Morgan fingerprint density at radius 3 is 2.54 bits per heavy atom. The van der Waals surface area contributed by atoms with Crippen molar-refractivity contribution in [2.75, 3.05) is 0 Å². The number of fused-ring (bicyclic) bond motifs is 2. The number of nitrogens with zero attached hydrogens (tertiary/aromatic N) is 3. The SMILES string of the molecule is CCCc1nc2c(C)cc(C)nc2n1Cc1ccc(C2(CC(=O)O)CC(=O)c3ccccc32)cc1. The summed E-state index contributed by atoms with van der Waals surface area (Å²) in [6.07, 6.45) is 1.91. The molecular formula is C29H29N3O3. The molecule has 0 bridgehead atoms. The number of ketones is 1. The summed E-state index contributed by atoms with van der Waals surface area (Å²) in [5, 5.41) is 9.74. The molecule has 35 heavy (non-hydrogen) atoms. The minimum Gasteiger partial charge on any atom is -0.481 e. The van der Waals surface area contributed by atoms with E-state index in [1.165, 1.54) is 0 Å². The Morgan fingerprint density at radius 2 is 1.83 bits per heavy atom. The molecule has 0 amide bonds. The molecule has 1 aliphatic carbocycles. The molecule has 4 aromatic rings. The van der Waals surface area contributed by atoms with Crippen LogP contribution in [0.4, 0.5) is 0 Å². The number of aromatic nitrogens is 3. The van der Waals surface area contributed by atoms with Crippen LogP contribution < -0.4 is 0 Å². The van der Waals surface area contributed by atoms with Gasteiger partial charge in [-0.25, -0.2) is 9.97 Å². The van der Waals surface area contributed by atoms with Crippen LogP contribution in [-0.2, 0) is 23.2 Å². The van der Waals surface area contributed by atoms with Gasteiger partial charge in [-0.2, -0.15) is 0 Å². The fourth-order valence-electron chi connectivity index (χ4n) is 5.52. The smallest absolute Gasteiger partial charge is 0.304 e. The first-order valence-electron chi connectivity index (χ1n) is 12.1. The van der Waals surface area contributed by atoms with E-state index in [0.717, 1.165) is 57.8 Å². The first kappa shape index (κ1) is 23.0. The van der Waals surface area contributed by atoms with Crippen molar-refractivity contribution in [3.63, 3.8) is 0 Å². The lowest BCUT2D eigenvalue weighted by molar-refractivity contribution is -0.138. The number of rotatable bonds is 7. The Hall–Kier alpha value is -3.80. The number of aryl methyl sites for hydroxylation is 3. The molecule has 1 aliphatic rings. The fraction of sp³-hybridized carbons (Fsp3) is 0.310. The van der Waals surface area contributed by atoms with Crippen LogP contribution in [0.15, 0.2) is 54.6 Å². The number of carbonyl (C=O) groups is 2. The Bertz CT molecular complexity index is 1450. The van der Waals surface area contributed by atoms with Gasteiger partial charge in [-0.3, -0.25) is 9.59 Å². The number of hydrogen-bond donors (Lipinski definition) is 1. The predicted molar refractivity (Wildman–Crippen MR) is 135 cm³/mol. The van der Waals surface area contributed by atoms with E-state index in [2.05, 4.69) is 24.5 Å². The van der Waals surface area contributed by atoms with Crippen LogP contribution >= 0.6 is 0 Å². The maximum absolute atomic E-state index is 12.8. The summed E-state index contributed by atoms with van der Waals surface area (Å²) in [7, 11) is 0. The second-order valence-corrected chi connectivity index (χ2v) is 9.61. The third kappa shape index (κ3) is 3.93. The van der Waals surface area contributed by atoms with Crippen molar-refractivity contribution < 1.29 is 14.7 Å². The van der Waals surface area contributed by atoms with E-state index < -0.39 is 11.4 Å². The van der Waals surface area contributed by atoms with Gasteiger partial charge in [0.2, 0.25) is 0 Å². The van der Waals surface area contributed by atoms with E-state index in [1.807, 2.05) is 49.4 Å². The molecule has 0 saturated carbocycles. The fourth-order valence-corrected chi connectivity index (χ4v) is 5.52. The molecule has 1 unspecified atom stereocenters. The molecule has 5 rings (SSSR count). The molecule has 0 radical (unpaired) electrons. The van der Waals surface area contributed by atoms with E-state index in [0.29, 0.717) is 12.1 Å². The number of pyridine rings is 1. The van der Waals surface area contributed by atoms with Crippen molar-refractivity contribution in [1.82, 2.24) is 14.5 Å². The molecule has 0 spiro atoms. The van der Waals surface area contributed by atoms with Crippen LogP contribution in [0.2, 0.25) is 0 Å². The molecule has 6 nitrogen and oxygen atoms in total. The molecule has 1 atom stereocenters. The average molecular weight is 468 g/mol. The zero-order valence-corrected chi connectivity index (χ0v) is 20.3. The quantitative estimate of drug-likeness (QED) is 0.394. The highest BCUT2D eigenvalue weighted by Crippen LogP contribution is 2.46. The van der Waals surface area contributed by atoms with E-state index in [1.54, 1.807) is 6.07 Å². The van der Waals surface area contributed by atoms with Crippen molar-refractivity contribution in [1.29, 1.82) is 0 Å².